The van der Waals surface area contributed by atoms with Gasteiger partial charge in [-0.05, 0) is 105 Å². The Labute approximate surface area is 363 Å². The van der Waals surface area contributed by atoms with Gasteiger partial charge in [0, 0.05) is 38.9 Å². The number of aromatic nitrogens is 1. The Hall–Kier alpha value is -6.21. The highest BCUT2D eigenvalue weighted by molar-refractivity contribution is 6.89. The molecular weight excluding hydrogens is 769 g/mol. The summed E-state index contributed by atoms with van der Waals surface area (Å²) in [5.74, 6) is 0. The topological polar surface area (TPSA) is 8.17 Å². The molecule has 1 aromatic heterocycles. The molecule has 8 aromatic carbocycles. The summed E-state index contributed by atoms with van der Waals surface area (Å²) >= 11 is 0. The summed E-state index contributed by atoms with van der Waals surface area (Å²) in [4.78, 5) is 2.40. The number of hydrogen-bond acceptors (Lipinski definition) is 1. The van der Waals surface area contributed by atoms with E-state index in [1.807, 2.05) is 0 Å². The van der Waals surface area contributed by atoms with Crippen molar-refractivity contribution in [2.24, 2.45) is 0 Å². The van der Waals surface area contributed by atoms with Gasteiger partial charge in [0.2, 0.25) is 0 Å². The van der Waals surface area contributed by atoms with Crippen LogP contribution in [0.25, 0.3) is 60.9 Å². The van der Waals surface area contributed by atoms with E-state index in [1.165, 1.54) is 82.4 Å². The van der Waals surface area contributed by atoms with E-state index in [0.717, 1.165) is 17.1 Å². The Bertz CT molecular complexity index is 3020. The average Bonchev–Trinajstić information content (AvgIpc) is 3.71. The van der Waals surface area contributed by atoms with Crippen molar-refractivity contribution in [2.45, 2.75) is 58.5 Å². The SMILES string of the molecule is CC1(C)c2cc(N(c3ccccc3)c3ccc(-c4ccc(-c5ccccc5)cc4)cc3)ccc2-c2ccc(-n3c4ccc([Si](C)(C)C)cc4c4cc([Si](C)(C)C)ccc43)cc21. The second-order valence-electron chi connectivity index (χ2n) is 19.5. The minimum atomic E-state index is -1.52. The molecule has 0 saturated carbocycles. The van der Waals surface area contributed by atoms with E-state index in [2.05, 4.69) is 245 Å². The standard InChI is InChI=1S/C57H54N2Si2/c1-57(2)53-35-45(58(43-17-13-10-14-18-43)44-25-23-42(24-26-44)41-21-19-40(20-22-41)39-15-11-9-12-16-39)27-31-49(53)50-32-28-46(36-54(50)57)59-55-33-29-47(60(3,4)5)37-51(55)52-38-48(61(6,7)8)30-34-56(52)59/h9-38H,1-8H3. The molecule has 10 rings (SSSR count). The lowest BCUT2D eigenvalue weighted by Gasteiger charge is -2.28. The first-order valence-corrected chi connectivity index (χ1v) is 28.8. The maximum atomic E-state index is 2.52. The number of rotatable bonds is 8. The van der Waals surface area contributed by atoms with Gasteiger partial charge in [-0.15, -0.1) is 0 Å². The maximum absolute atomic E-state index is 2.52. The van der Waals surface area contributed by atoms with Crippen molar-refractivity contribution in [3.8, 4) is 39.1 Å². The molecule has 4 heteroatoms. The minimum Gasteiger partial charge on any atom is -0.310 e. The number of anilines is 3. The summed E-state index contributed by atoms with van der Waals surface area (Å²) in [7, 11) is -3.03. The largest absolute Gasteiger partial charge is 0.310 e. The second-order valence-corrected chi connectivity index (χ2v) is 29.7. The predicted molar refractivity (Wildman–Crippen MR) is 270 cm³/mol. The van der Waals surface area contributed by atoms with Gasteiger partial charge in [0.1, 0.15) is 0 Å². The Morgan fingerprint density at radius 2 is 0.820 bits per heavy atom. The lowest BCUT2D eigenvalue weighted by molar-refractivity contribution is 0.660. The van der Waals surface area contributed by atoms with Gasteiger partial charge in [0.15, 0.2) is 0 Å². The van der Waals surface area contributed by atoms with Crippen LogP contribution in [0.5, 0.6) is 0 Å². The fourth-order valence-electron chi connectivity index (χ4n) is 9.54. The third kappa shape index (κ3) is 6.79. The summed E-state index contributed by atoms with van der Waals surface area (Å²) in [6.07, 6.45) is 0. The third-order valence-electron chi connectivity index (χ3n) is 13.1. The first kappa shape index (κ1) is 39.0. The fraction of sp³-hybridized carbons (Fsp3) is 0.158. The lowest BCUT2D eigenvalue weighted by Crippen LogP contribution is -2.37. The Morgan fingerprint density at radius 3 is 1.34 bits per heavy atom. The highest BCUT2D eigenvalue weighted by Crippen LogP contribution is 2.51. The van der Waals surface area contributed by atoms with Gasteiger partial charge in [-0.25, -0.2) is 0 Å². The van der Waals surface area contributed by atoms with Crippen molar-refractivity contribution in [1.82, 2.24) is 4.57 Å². The van der Waals surface area contributed by atoms with Gasteiger partial charge in [-0.2, -0.15) is 0 Å². The van der Waals surface area contributed by atoms with Crippen LogP contribution < -0.4 is 15.3 Å². The van der Waals surface area contributed by atoms with Gasteiger partial charge in [-0.1, -0.05) is 185 Å². The molecule has 1 aliphatic rings. The molecule has 0 N–H and O–H groups in total. The number of para-hydroxylation sites is 1. The molecule has 0 bridgehead atoms. The zero-order valence-corrected chi connectivity index (χ0v) is 38.7. The second kappa shape index (κ2) is 14.5. The highest BCUT2D eigenvalue weighted by Gasteiger charge is 2.37. The summed E-state index contributed by atoms with van der Waals surface area (Å²) < 4.78 is 2.52. The van der Waals surface area contributed by atoms with Crippen LogP contribution in [0.1, 0.15) is 25.0 Å². The van der Waals surface area contributed by atoms with Crippen molar-refractivity contribution < 1.29 is 0 Å². The Morgan fingerprint density at radius 1 is 0.393 bits per heavy atom. The van der Waals surface area contributed by atoms with Gasteiger partial charge in [0.25, 0.3) is 0 Å². The molecule has 61 heavy (non-hydrogen) atoms. The molecule has 9 aromatic rings. The van der Waals surface area contributed by atoms with Crippen LogP contribution >= 0.6 is 0 Å². The van der Waals surface area contributed by atoms with Crippen LogP contribution in [0.3, 0.4) is 0 Å². The van der Waals surface area contributed by atoms with Gasteiger partial charge in [-0.3, -0.25) is 0 Å². The monoisotopic (exact) mass is 822 g/mol. The van der Waals surface area contributed by atoms with Crippen LogP contribution in [0.15, 0.2) is 182 Å². The van der Waals surface area contributed by atoms with E-state index in [-0.39, 0.29) is 5.41 Å². The van der Waals surface area contributed by atoms with Crippen LogP contribution in [0, 0.1) is 0 Å². The molecule has 0 amide bonds. The molecule has 0 spiro atoms. The highest BCUT2D eigenvalue weighted by atomic mass is 28.3. The van der Waals surface area contributed by atoms with Crippen molar-refractivity contribution in [3.05, 3.63) is 193 Å². The number of nitrogens with zero attached hydrogens (tertiary/aromatic N) is 2. The normalized spacial score (nSPS) is 13.4. The molecule has 2 nitrogen and oxygen atoms in total. The van der Waals surface area contributed by atoms with Crippen molar-refractivity contribution >= 4 is 65.4 Å². The lowest BCUT2D eigenvalue weighted by atomic mass is 9.82. The Kier molecular flexibility index (Phi) is 9.24. The zero-order chi connectivity index (χ0) is 42.3. The summed E-state index contributed by atoms with van der Waals surface area (Å²) in [6.45, 7) is 19.5. The van der Waals surface area contributed by atoms with Crippen LogP contribution in [0.4, 0.5) is 17.1 Å². The van der Waals surface area contributed by atoms with E-state index >= 15 is 0 Å². The molecule has 0 aliphatic heterocycles. The minimum absolute atomic E-state index is 0.205. The van der Waals surface area contributed by atoms with Crippen LogP contribution in [-0.2, 0) is 5.41 Å². The van der Waals surface area contributed by atoms with E-state index in [0.29, 0.717) is 0 Å². The maximum Gasteiger partial charge on any atom is 0.0776 e. The number of hydrogen-bond donors (Lipinski definition) is 0. The van der Waals surface area contributed by atoms with Gasteiger partial charge >= 0.3 is 0 Å². The third-order valence-corrected chi connectivity index (χ3v) is 17.2. The predicted octanol–water partition coefficient (Wildman–Crippen LogP) is 15.0. The first-order chi connectivity index (χ1) is 29.3. The molecular formula is C57H54N2Si2. The Balaban J connectivity index is 1.03. The fourth-order valence-corrected chi connectivity index (χ4v) is 11.9. The summed E-state index contributed by atoms with van der Waals surface area (Å²) in [6, 6.07) is 68.2. The first-order valence-electron chi connectivity index (χ1n) is 21.8. The number of fused-ring (bicyclic) bond motifs is 6. The molecule has 0 fully saturated rings. The van der Waals surface area contributed by atoms with Gasteiger partial charge in [0.05, 0.1) is 27.2 Å². The molecule has 0 unspecified atom stereocenters. The van der Waals surface area contributed by atoms with E-state index in [9.17, 15) is 0 Å². The van der Waals surface area contributed by atoms with E-state index in [4.69, 9.17) is 0 Å². The van der Waals surface area contributed by atoms with Crippen molar-refractivity contribution in [3.63, 3.8) is 0 Å². The molecule has 1 aliphatic carbocycles. The van der Waals surface area contributed by atoms with Crippen LogP contribution in [0.2, 0.25) is 39.3 Å². The average molecular weight is 823 g/mol. The smallest absolute Gasteiger partial charge is 0.0776 e. The van der Waals surface area contributed by atoms with E-state index in [1.54, 1.807) is 0 Å². The van der Waals surface area contributed by atoms with Crippen molar-refractivity contribution in [2.75, 3.05) is 4.90 Å². The summed E-state index contributed by atoms with van der Waals surface area (Å²) in [5.41, 5.74) is 17.3. The number of benzene rings is 8. The van der Waals surface area contributed by atoms with Gasteiger partial charge < -0.3 is 9.47 Å². The van der Waals surface area contributed by atoms with Crippen molar-refractivity contribution in [1.29, 1.82) is 0 Å². The van der Waals surface area contributed by atoms with Crippen LogP contribution in [-0.4, -0.2) is 20.7 Å². The zero-order valence-electron chi connectivity index (χ0n) is 36.7. The molecule has 0 atom stereocenters. The molecule has 0 radical (unpaired) electrons. The molecule has 0 saturated heterocycles. The summed E-state index contributed by atoms with van der Waals surface area (Å²) in [5, 5.41) is 5.76. The molecule has 1 heterocycles. The van der Waals surface area contributed by atoms with E-state index < -0.39 is 16.1 Å². The molecule has 300 valence electrons. The quantitative estimate of drug-likeness (QED) is 0.139.